The molecule has 0 saturated carbocycles. The van der Waals surface area contributed by atoms with Gasteiger partial charge in [0.2, 0.25) is 0 Å². The van der Waals surface area contributed by atoms with Gasteiger partial charge < -0.3 is 18.8 Å². The van der Waals surface area contributed by atoms with Crippen molar-refractivity contribution in [2.75, 3.05) is 26.1 Å². The smallest absolute Gasteiger partial charge is 0.279 e. The van der Waals surface area contributed by atoms with Crippen LogP contribution in [0, 0.1) is 0 Å². The van der Waals surface area contributed by atoms with Gasteiger partial charge in [0.05, 0.1) is 26.2 Å². The molecule has 0 atom stereocenters. The second kappa shape index (κ2) is 10.4. The van der Waals surface area contributed by atoms with Crippen molar-refractivity contribution in [2.45, 2.75) is 18.4 Å². The van der Waals surface area contributed by atoms with Gasteiger partial charge in [-0.2, -0.15) is 4.99 Å². The van der Waals surface area contributed by atoms with E-state index in [4.69, 9.17) is 14.2 Å². The third-order valence-corrected chi connectivity index (χ3v) is 7.95. The highest BCUT2D eigenvalue weighted by atomic mass is 32.2. The number of methoxy groups -OCH3 is 3. The van der Waals surface area contributed by atoms with Crippen molar-refractivity contribution in [1.82, 2.24) is 4.57 Å². The number of thiazole rings is 1. The van der Waals surface area contributed by atoms with E-state index in [1.165, 1.54) is 54.8 Å². The number of nitrogens with zero attached hydrogens (tertiary/aromatic N) is 2. The minimum absolute atomic E-state index is 0.0955. The first-order valence-electron chi connectivity index (χ1n) is 10.9. The van der Waals surface area contributed by atoms with Crippen LogP contribution in [-0.2, 0) is 16.6 Å². The molecule has 0 aliphatic heterocycles. The molecular formula is C25H25N3O6S2. The Morgan fingerprint density at radius 3 is 2.14 bits per heavy atom. The van der Waals surface area contributed by atoms with E-state index in [0.717, 1.165) is 10.2 Å². The van der Waals surface area contributed by atoms with E-state index in [1.807, 2.05) is 23.6 Å². The fraction of sp³-hybridized carbons (Fsp3) is 0.200. The number of nitrogens with one attached hydrogen (secondary N) is 1. The van der Waals surface area contributed by atoms with Crippen LogP contribution in [0.1, 0.15) is 17.3 Å². The number of amides is 1. The lowest BCUT2D eigenvalue weighted by Crippen LogP contribution is -2.16. The summed E-state index contributed by atoms with van der Waals surface area (Å²) in [6.45, 7) is 2.53. The Balaban J connectivity index is 1.62. The highest BCUT2D eigenvalue weighted by Crippen LogP contribution is 2.35. The molecule has 188 valence electrons. The summed E-state index contributed by atoms with van der Waals surface area (Å²) in [6, 6.07) is 15.8. The summed E-state index contributed by atoms with van der Waals surface area (Å²) >= 11 is 1.33. The summed E-state index contributed by atoms with van der Waals surface area (Å²) in [5, 5.41) is 0. The van der Waals surface area contributed by atoms with Crippen molar-refractivity contribution in [3.63, 3.8) is 0 Å². The number of fused-ring (bicyclic) bond motifs is 1. The summed E-state index contributed by atoms with van der Waals surface area (Å²) < 4.78 is 46.6. The lowest BCUT2D eigenvalue weighted by atomic mass is 10.2. The standard InChI is InChI=1S/C25H25N3O6S2/c1-5-28-22-20(33-3)14-15-21(34-4)23(22)35-25(28)26-24(29)16-6-8-17(9-7-16)27-36(30,31)19-12-10-18(32-2)11-13-19/h6-15,27H,5H2,1-4H3. The lowest BCUT2D eigenvalue weighted by molar-refractivity contribution is 0.0998. The summed E-state index contributed by atoms with van der Waals surface area (Å²) in [4.78, 5) is 17.9. The summed E-state index contributed by atoms with van der Waals surface area (Å²) in [5.41, 5.74) is 1.45. The van der Waals surface area contributed by atoms with Gasteiger partial charge in [0.15, 0.2) is 4.80 Å². The molecular weight excluding hydrogens is 502 g/mol. The number of sulfonamides is 1. The van der Waals surface area contributed by atoms with Gasteiger partial charge in [0, 0.05) is 17.8 Å². The Labute approximate surface area is 212 Å². The number of ether oxygens (including phenoxy) is 3. The van der Waals surface area contributed by atoms with Crippen molar-refractivity contribution in [3.05, 3.63) is 71.0 Å². The molecule has 0 aliphatic carbocycles. The van der Waals surface area contributed by atoms with Crippen LogP contribution in [0.25, 0.3) is 10.2 Å². The molecule has 1 N–H and O–H groups in total. The van der Waals surface area contributed by atoms with Crippen LogP contribution >= 0.6 is 11.3 Å². The van der Waals surface area contributed by atoms with Crippen LogP contribution in [0.5, 0.6) is 17.2 Å². The Kier molecular flexibility index (Phi) is 7.32. The van der Waals surface area contributed by atoms with Crippen molar-refractivity contribution < 1.29 is 27.4 Å². The van der Waals surface area contributed by atoms with Gasteiger partial charge in [0.1, 0.15) is 27.5 Å². The van der Waals surface area contributed by atoms with Gasteiger partial charge in [-0.05, 0) is 67.6 Å². The van der Waals surface area contributed by atoms with Gasteiger partial charge in [-0.25, -0.2) is 8.42 Å². The van der Waals surface area contributed by atoms with E-state index < -0.39 is 15.9 Å². The van der Waals surface area contributed by atoms with E-state index in [2.05, 4.69) is 9.71 Å². The van der Waals surface area contributed by atoms with E-state index in [0.29, 0.717) is 39.8 Å². The van der Waals surface area contributed by atoms with Crippen molar-refractivity contribution in [2.24, 2.45) is 4.99 Å². The zero-order chi connectivity index (χ0) is 25.9. The molecule has 0 fully saturated rings. The first-order valence-corrected chi connectivity index (χ1v) is 13.2. The zero-order valence-electron chi connectivity index (χ0n) is 20.1. The maximum absolute atomic E-state index is 13.0. The number of carbonyl (C=O) groups excluding carboxylic acids is 1. The number of aromatic nitrogens is 1. The second-order valence-corrected chi connectivity index (χ2v) is 10.2. The third kappa shape index (κ3) is 4.93. The third-order valence-electron chi connectivity index (χ3n) is 5.46. The van der Waals surface area contributed by atoms with Gasteiger partial charge in [-0.15, -0.1) is 0 Å². The van der Waals surface area contributed by atoms with Crippen LogP contribution in [0.3, 0.4) is 0 Å². The normalized spacial score (nSPS) is 11.9. The van der Waals surface area contributed by atoms with E-state index in [-0.39, 0.29) is 4.90 Å². The van der Waals surface area contributed by atoms with Crippen LogP contribution in [-0.4, -0.2) is 40.2 Å². The fourth-order valence-electron chi connectivity index (χ4n) is 3.63. The average molecular weight is 528 g/mol. The average Bonchev–Trinajstić information content (AvgIpc) is 3.26. The molecule has 4 rings (SSSR count). The Morgan fingerprint density at radius 1 is 0.917 bits per heavy atom. The van der Waals surface area contributed by atoms with Crippen LogP contribution < -0.4 is 23.7 Å². The van der Waals surface area contributed by atoms with E-state index in [9.17, 15) is 13.2 Å². The molecule has 0 saturated heterocycles. The molecule has 0 unspecified atom stereocenters. The molecule has 0 spiro atoms. The number of hydrogen-bond donors (Lipinski definition) is 1. The number of aryl methyl sites for hydroxylation is 1. The van der Waals surface area contributed by atoms with Gasteiger partial charge in [0.25, 0.3) is 15.9 Å². The van der Waals surface area contributed by atoms with Gasteiger partial charge in [-0.3, -0.25) is 9.52 Å². The number of rotatable bonds is 8. The molecule has 36 heavy (non-hydrogen) atoms. The summed E-state index contributed by atoms with van der Waals surface area (Å²) in [6.07, 6.45) is 0. The lowest BCUT2D eigenvalue weighted by Gasteiger charge is -2.09. The summed E-state index contributed by atoms with van der Waals surface area (Å²) in [5.74, 6) is 1.43. The molecule has 11 heteroatoms. The first kappa shape index (κ1) is 25.3. The molecule has 1 aromatic heterocycles. The molecule has 1 amide bonds. The van der Waals surface area contributed by atoms with Gasteiger partial charge >= 0.3 is 0 Å². The predicted molar refractivity (Wildman–Crippen MR) is 139 cm³/mol. The largest absolute Gasteiger partial charge is 0.497 e. The Morgan fingerprint density at radius 2 is 1.56 bits per heavy atom. The maximum Gasteiger partial charge on any atom is 0.279 e. The predicted octanol–water partition coefficient (Wildman–Crippen LogP) is 4.29. The minimum Gasteiger partial charge on any atom is -0.497 e. The molecule has 0 aliphatic rings. The van der Waals surface area contributed by atoms with Gasteiger partial charge in [-0.1, -0.05) is 11.3 Å². The second-order valence-electron chi connectivity index (χ2n) is 7.55. The SMILES string of the molecule is CCn1c(=NC(=O)c2ccc(NS(=O)(=O)c3ccc(OC)cc3)cc2)sc2c(OC)ccc(OC)c21. The van der Waals surface area contributed by atoms with Crippen molar-refractivity contribution in [1.29, 1.82) is 0 Å². The van der Waals surface area contributed by atoms with Crippen LogP contribution in [0.2, 0.25) is 0 Å². The number of anilines is 1. The molecule has 1 heterocycles. The number of carbonyl (C=O) groups is 1. The number of benzene rings is 3. The monoisotopic (exact) mass is 527 g/mol. The highest BCUT2D eigenvalue weighted by molar-refractivity contribution is 7.92. The van der Waals surface area contributed by atoms with Crippen molar-refractivity contribution >= 4 is 43.2 Å². The minimum atomic E-state index is -3.80. The number of hydrogen-bond acceptors (Lipinski definition) is 7. The summed E-state index contributed by atoms with van der Waals surface area (Å²) in [7, 11) is 0.886. The molecule has 4 aromatic rings. The quantitative estimate of drug-likeness (QED) is 0.366. The molecule has 3 aromatic carbocycles. The topological polar surface area (TPSA) is 108 Å². The van der Waals surface area contributed by atoms with Crippen LogP contribution in [0.4, 0.5) is 5.69 Å². The zero-order valence-corrected chi connectivity index (χ0v) is 21.8. The molecule has 9 nitrogen and oxygen atoms in total. The molecule has 0 bridgehead atoms. The van der Waals surface area contributed by atoms with E-state index >= 15 is 0 Å². The fourth-order valence-corrected chi connectivity index (χ4v) is 5.89. The van der Waals surface area contributed by atoms with Crippen molar-refractivity contribution in [3.8, 4) is 17.2 Å². The highest BCUT2D eigenvalue weighted by Gasteiger charge is 2.17. The van der Waals surface area contributed by atoms with E-state index in [1.54, 1.807) is 26.4 Å². The molecule has 0 radical (unpaired) electrons. The first-order chi connectivity index (χ1) is 17.3. The maximum atomic E-state index is 13.0. The Bertz CT molecular complexity index is 1570. The van der Waals surface area contributed by atoms with Crippen LogP contribution in [0.15, 0.2) is 70.6 Å². The Hall–Kier alpha value is -3.83.